The standard InChI is InChI=1S/C14H13FN2/c15-11-5-3-4-10(8-11)14-9-16-12-6-1-2-7-13(12)17-14/h1-8,14,16-17H,9H2/t14-/m0/s1. The smallest absolute Gasteiger partial charge is 0.123 e. The maximum Gasteiger partial charge on any atom is 0.123 e. The Bertz CT molecular complexity index is 539. The van der Waals surface area contributed by atoms with Crippen molar-refractivity contribution in [1.82, 2.24) is 0 Å². The first kappa shape index (κ1) is 10.1. The van der Waals surface area contributed by atoms with Crippen molar-refractivity contribution in [3.8, 4) is 0 Å². The number of rotatable bonds is 1. The van der Waals surface area contributed by atoms with Crippen LogP contribution in [-0.4, -0.2) is 6.54 Å². The van der Waals surface area contributed by atoms with E-state index >= 15 is 0 Å². The van der Waals surface area contributed by atoms with Gasteiger partial charge in [-0.2, -0.15) is 0 Å². The summed E-state index contributed by atoms with van der Waals surface area (Å²) in [6.07, 6.45) is 0. The van der Waals surface area contributed by atoms with Gasteiger partial charge in [-0.1, -0.05) is 24.3 Å². The van der Waals surface area contributed by atoms with Crippen molar-refractivity contribution in [3.63, 3.8) is 0 Å². The summed E-state index contributed by atoms with van der Waals surface area (Å²) >= 11 is 0. The van der Waals surface area contributed by atoms with Gasteiger partial charge in [0.15, 0.2) is 0 Å². The van der Waals surface area contributed by atoms with E-state index in [0.717, 1.165) is 23.5 Å². The predicted molar refractivity (Wildman–Crippen MR) is 67.7 cm³/mol. The SMILES string of the molecule is Fc1cccc([C@@H]2CNc3ccccc3N2)c1. The van der Waals surface area contributed by atoms with Crippen molar-refractivity contribution in [3.05, 3.63) is 59.9 Å². The molecule has 86 valence electrons. The van der Waals surface area contributed by atoms with Gasteiger partial charge >= 0.3 is 0 Å². The maximum absolute atomic E-state index is 13.2. The van der Waals surface area contributed by atoms with E-state index in [9.17, 15) is 4.39 Å². The third kappa shape index (κ3) is 1.96. The fourth-order valence-electron chi connectivity index (χ4n) is 2.14. The first-order chi connectivity index (χ1) is 8.33. The summed E-state index contributed by atoms with van der Waals surface area (Å²) in [7, 11) is 0. The second-order valence-electron chi connectivity index (χ2n) is 4.18. The number of halogens is 1. The van der Waals surface area contributed by atoms with Gasteiger partial charge in [0, 0.05) is 6.54 Å². The van der Waals surface area contributed by atoms with Gasteiger partial charge in [-0.15, -0.1) is 0 Å². The molecule has 3 heteroatoms. The lowest BCUT2D eigenvalue weighted by Gasteiger charge is -2.28. The summed E-state index contributed by atoms with van der Waals surface area (Å²) in [6.45, 7) is 0.764. The van der Waals surface area contributed by atoms with Crippen LogP contribution in [0.1, 0.15) is 11.6 Å². The topological polar surface area (TPSA) is 24.1 Å². The first-order valence-electron chi connectivity index (χ1n) is 5.68. The highest BCUT2D eigenvalue weighted by Gasteiger charge is 2.18. The van der Waals surface area contributed by atoms with E-state index in [-0.39, 0.29) is 11.9 Å². The molecule has 1 aliphatic rings. The molecule has 0 spiro atoms. The fourth-order valence-corrected chi connectivity index (χ4v) is 2.14. The van der Waals surface area contributed by atoms with Gasteiger partial charge in [0.25, 0.3) is 0 Å². The molecule has 0 unspecified atom stereocenters. The van der Waals surface area contributed by atoms with Crippen LogP contribution in [0.5, 0.6) is 0 Å². The van der Waals surface area contributed by atoms with Crippen molar-refractivity contribution in [1.29, 1.82) is 0 Å². The second kappa shape index (κ2) is 4.09. The van der Waals surface area contributed by atoms with Crippen LogP contribution in [0.15, 0.2) is 48.5 Å². The monoisotopic (exact) mass is 228 g/mol. The molecule has 1 aliphatic heterocycles. The van der Waals surface area contributed by atoms with Crippen molar-refractivity contribution in [2.75, 3.05) is 17.2 Å². The van der Waals surface area contributed by atoms with E-state index in [1.54, 1.807) is 12.1 Å². The van der Waals surface area contributed by atoms with E-state index in [0.29, 0.717) is 0 Å². The molecule has 1 atom stereocenters. The Labute approximate surface area is 99.5 Å². The van der Waals surface area contributed by atoms with Gasteiger partial charge in [-0.3, -0.25) is 0 Å². The number of hydrogen-bond donors (Lipinski definition) is 2. The summed E-state index contributed by atoms with van der Waals surface area (Å²) < 4.78 is 13.2. The molecule has 0 amide bonds. The number of para-hydroxylation sites is 2. The largest absolute Gasteiger partial charge is 0.381 e. The molecule has 0 bridgehead atoms. The molecule has 0 aromatic heterocycles. The summed E-state index contributed by atoms with van der Waals surface area (Å²) in [6, 6.07) is 14.9. The minimum Gasteiger partial charge on any atom is -0.381 e. The van der Waals surface area contributed by atoms with Crippen LogP contribution >= 0.6 is 0 Å². The molecular formula is C14H13FN2. The predicted octanol–water partition coefficient (Wildman–Crippen LogP) is 3.40. The van der Waals surface area contributed by atoms with E-state index in [4.69, 9.17) is 0 Å². The Morgan fingerprint density at radius 1 is 1.00 bits per heavy atom. The van der Waals surface area contributed by atoms with Crippen LogP contribution in [0, 0.1) is 5.82 Å². The molecular weight excluding hydrogens is 215 g/mol. The van der Waals surface area contributed by atoms with Gasteiger partial charge in [-0.25, -0.2) is 4.39 Å². The van der Waals surface area contributed by atoms with Crippen LogP contribution in [-0.2, 0) is 0 Å². The minimum absolute atomic E-state index is 0.112. The zero-order chi connectivity index (χ0) is 11.7. The Balaban J connectivity index is 1.89. The second-order valence-corrected chi connectivity index (χ2v) is 4.18. The van der Waals surface area contributed by atoms with Gasteiger partial charge < -0.3 is 10.6 Å². The first-order valence-corrected chi connectivity index (χ1v) is 5.68. The quantitative estimate of drug-likeness (QED) is 0.781. The van der Waals surface area contributed by atoms with Gasteiger partial charge in [0.1, 0.15) is 5.82 Å². The molecule has 3 rings (SSSR count). The highest BCUT2D eigenvalue weighted by Crippen LogP contribution is 2.31. The molecule has 2 N–H and O–H groups in total. The number of nitrogens with one attached hydrogen (secondary N) is 2. The molecule has 2 aromatic rings. The summed E-state index contributed by atoms with van der Waals surface area (Å²) in [5.41, 5.74) is 3.13. The minimum atomic E-state index is -0.192. The van der Waals surface area contributed by atoms with Crippen LogP contribution in [0.2, 0.25) is 0 Å². The Morgan fingerprint density at radius 2 is 1.82 bits per heavy atom. The van der Waals surface area contributed by atoms with E-state index in [1.165, 1.54) is 6.07 Å². The van der Waals surface area contributed by atoms with Crippen molar-refractivity contribution in [2.24, 2.45) is 0 Å². The zero-order valence-corrected chi connectivity index (χ0v) is 9.28. The zero-order valence-electron chi connectivity index (χ0n) is 9.28. The Hall–Kier alpha value is -2.03. The summed E-state index contributed by atoms with van der Waals surface area (Å²) in [5, 5.41) is 6.76. The summed E-state index contributed by atoms with van der Waals surface area (Å²) in [5.74, 6) is -0.192. The van der Waals surface area contributed by atoms with Crippen LogP contribution in [0.4, 0.5) is 15.8 Å². The lowest BCUT2D eigenvalue weighted by Crippen LogP contribution is -2.25. The molecule has 0 saturated heterocycles. The van der Waals surface area contributed by atoms with Gasteiger partial charge in [-0.05, 0) is 29.8 Å². The molecule has 0 radical (unpaired) electrons. The van der Waals surface area contributed by atoms with Crippen LogP contribution < -0.4 is 10.6 Å². The average molecular weight is 228 g/mol. The normalized spacial score (nSPS) is 17.8. The number of benzene rings is 2. The maximum atomic E-state index is 13.2. The molecule has 0 fully saturated rings. The molecule has 1 heterocycles. The molecule has 2 nitrogen and oxygen atoms in total. The third-order valence-corrected chi connectivity index (χ3v) is 3.00. The van der Waals surface area contributed by atoms with Crippen molar-refractivity contribution in [2.45, 2.75) is 6.04 Å². The van der Waals surface area contributed by atoms with Crippen molar-refractivity contribution >= 4 is 11.4 Å². The van der Waals surface area contributed by atoms with Crippen LogP contribution in [0.3, 0.4) is 0 Å². The number of hydrogen-bond acceptors (Lipinski definition) is 2. The van der Waals surface area contributed by atoms with Gasteiger partial charge in [0.05, 0.1) is 17.4 Å². The molecule has 17 heavy (non-hydrogen) atoms. The Morgan fingerprint density at radius 3 is 2.65 bits per heavy atom. The lowest BCUT2D eigenvalue weighted by molar-refractivity contribution is 0.622. The van der Waals surface area contributed by atoms with Crippen LogP contribution in [0.25, 0.3) is 0 Å². The number of anilines is 2. The summed E-state index contributed by atoms with van der Waals surface area (Å²) in [4.78, 5) is 0. The molecule has 2 aromatic carbocycles. The molecule has 0 saturated carbocycles. The lowest BCUT2D eigenvalue weighted by atomic mass is 10.0. The number of fused-ring (bicyclic) bond motifs is 1. The highest BCUT2D eigenvalue weighted by molar-refractivity contribution is 5.71. The van der Waals surface area contributed by atoms with E-state index in [2.05, 4.69) is 10.6 Å². The van der Waals surface area contributed by atoms with E-state index in [1.807, 2.05) is 30.3 Å². The molecule has 0 aliphatic carbocycles. The highest BCUT2D eigenvalue weighted by atomic mass is 19.1. The Kier molecular flexibility index (Phi) is 2.44. The third-order valence-electron chi connectivity index (χ3n) is 3.00. The fraction of sp³-hybridized carbons (Fsp3) is 0.143. The average Bonchev–Trinajstić information content (AvgIpc) is 2.38. The van der Waals surface area contributed by atoms with Gasteiger partial charge in [0.2, 0.25) is 0 Å². The van der Waals surface area contributed by atoms with E-state index < -0.39 is 0 Å². The van der Waals surface area contributed by atoms with Crippen molar-refractivity contribution < 1.29 is 4.39 Å².